The van der Waals surface area contributed by atoms with Crippen molar-refractivity contribution in [1.29, 1.82) is 0 Å². The van der Waals surface area contributed by atoms with Gasteiger partial charge in [0.25, 0.3) is 0 Å². The van der Waals surface area contributed by atoms with Crippen LogP contribution in [0.15, 0.2) is 30.3 Å². The van der Waals surface area contributed by atoms with E-state index in [4.69, 9.17) is 0 Å². The lowest BCUT2D eigenvalue weighted by atomic mass is 9.70. The van der Waals surface area contributed by atoms with Gasteiger partial charge < -0.3 is 5.11 Å². The molecule has 1 aliphatic carbocycles. The van der Waals surface area contributed by atoms with Crippen molar-refractivity contribution >= 4 is 5.78 Å². The second kappa shape index (κ2) is 4.38. The summed E-state index contributed by atoms with van der Waals surface area (Å²) in [6.45, 7) is 1.98. The van der Waals surface area contributed by atoms with E-state index in [9.17, 15) is 9.90 Å². The van der Waals surface area contributed by atoms with Crippen molar-refractivity contribution in [3.63, 3.8) is 0 Å². The molecule has 1 aromatic carbocycles. The normalized spacial score (nSPS) is 30.0. The molecule has 1 N–H and O–H groups in total. The van der Waals surface area contributed by atoms with Crippen molar-refractivity contribution in [3.05, 3.63) is 35.9 Å². The second-order valence-electron chi connectivity index (χ2n) is 5.01. The summed E-state index contributed by atoms with van der Waals surface area (Å²) >= 11 is 0. The summed E-state index contributed by atoms with van der Waals surface area (Å²) in [5, 5.41) is 9.69. The molecule has 0 spiro atoms. The number of ketones is 1. The fraction of sp³-hybridized carbons (Fsp3) is 0.500. The van der Waals surface area contributed by atoms with Crippen LogP contribution < -0.4 is 0 Å². The summed E-state index contributed by atoms with van der Waals surface area (Å²) in [6, 6.07) is 9.39. The van der Waals surface area contributed by atoms with Crippen LogP contribution in [0.4, 0.5) is 0 Å². The number of hydrogen-bond donors (Lipinski definition) is 1. The van der Waals surface area contributed by atoms with Gasteiger partial charge in [-0.15, -0.1) is 0 Å². The van der Waals surface area contributed by atoms with Crippen LogP contribution in [0.1, 0.15) is 43.0 Å². The van der Waals surface area contributed by atoms with E-state index >= 15 is 0 Å². The molecule has 0 aromatic heterocycles. The number of aliphatic hydroxyl groups is 1. The lowest BCUT2D eigenvalue weighted by Gasteiger charge is -2.34. The Hall–Kier alpha value is -1.15. The minimum absolute atomic E-state index is 0.173. The van der Waals surface area contributed by atoms with Gasteiger partial charge in [-0.05, 0) is 25.7 Å². The van der Waals surface area contributed by atoms with Gasteiger partial charge in [-0.25, -0.2) is 0 Å². The molecule has 0 amide bonds. The third-order valence-electron chi connectivity index (χ3n) is 3.54. The van der Waals surface area contributed by atoms with E-state index in [2.05, 4.69) is 0 Å². The van der Waals surface area contributed by atoms with Crippen molar-refractivity contribution in [2.45, 2.75) is 38.7 Å². The van der Waals surface area contributed by atoms with Gasteiger partial charge in [-0.3, -0.25) is 4.79 Å². The quantitative estimate of drug-likeness (QED) is 0.775. The van der Waals surface area contributed by atoms with Crippen molar-refractivity contribution in [2.75, 3.05) is 0 Å². The smallest absolute Gasteiger partial charge is 0.168 e. The molecule has 1 aromatic rings. The molecule has 16 heavy (non-hydrogen) atoms. The molecule has 2 atom stereocenters. The van der Waals surface area contributed by atoms with Crippen LogP contribution in [-0.4, -0.2) is 17.0 Å². The predicted octanol–water partition coefficient (Wildman–Crippen LogP) is 2.81. The summed E-state index contributed by atoms with van der Waals surface area (Å²) in [5.74, 6) is 0.173. The Kier molecular flexibility index (Phi) is 3.10. The van der Waals surface area contributed by atoms with Crippen molar-refractivity contribution in [2.24, 2.45) is 5.41 Å². The van der Waals surface area contributed by atoms with Gasteiger partial charge in [-0.2, -0.15) is 0 Å². The SMILES string of the molecule is C[C@@]1(C(=O)c2ccccc2)CCC[C@H](O)C1. The highest BCUT2D eigenvalue weighted by molar-refractivity contribution is 6.00. The van der Waals surface area contributed by atoms with E-state index in [1.807, 2.05) is 37.3 Å². The maximum atomic E-state index is 12.4. The highest BCUT2D eigenvalue weighted by Gasteiger charge is 2.38. The van der Waals surface area contributed by atoms with Crippen LogP contribution in [0.25, 0.3) is 0 Å². The van der Waals surface area contributed by atoms with E-state index in [-0.39, 0.29) is 17.3 Å². The lowest BCUT2D eigenvalue weighted by molar-refractivity contribution is 0.0438. The number of aliphatic hydroxyl groups excluding tert-OH is 1. The topological polar surface area (TPSA) is 37.3 Å². The van der Waals surface area contributed by atoms with Gasteiger partial charge in [0.2, 0.25) is 0 Å². The Balaban J connectivity index is 2.21. The fourth-order valence-electron chi connectivity index (χ4n) is 2.60. The highest BCUT2D eigenvalue weighted by atomic mass is 16.3. The van der Waals surface area contributed by atoms with Crippen LogP contribution in [0, 0.1) is 5.41 Å². The number of hydrogen-bond acceptors (Lipinski definition) is 2. The number of benzene rings is 1. The number of carbonyl (C=O) groups is 1. The molecule has 2 nitrogen and oxygen atoms in total. The van der Waals surface area contributed by atoms with E-state index < -0.39 is 0 Å². The van der Waals surface area contributed by atoms with Gasteiger partial charge in [-0.1, -0.05) is 37.3 Å². The summed E-state index contributed by atoms with van der Waals surface area (Å²) in [6.07, 6.45) is 2.94. The first-order chi connectivity index (χ1) is 7.62. The molecular formula is C14H18O2. The molecule has 0 heterocycles. The summed E-state index contributed by atoms with van der Waals surface area (Å²) < 4.78 is 0. The zero-order valence-electron chi connectivity index (χ0n) is 9.65. The average molecular weight is 218 g/mol. The van der Waals surface area contributed by atoms with Crippen molar-refractivity contribution < 1.29 is 9.90 Å². The molecule has 1 fully saturated rings. The molecule has 0 unspecified atom stereocenters. The number of Topliss-reactive ketones (excluding diaryl/α,β-unsaturated/α-hetero) is 1. The highest BCUT2D eigenvalue weighted by Crippen LogP contribution is 2.38. The van der Waals surface area contributed by atoms with Gasteiger partial charge in [0, 0.05) is 11.0 Å². The van der Waals surface area contributed by atoms with Gasteiger partial charge in [0.05, 0.1) is 6.10 Å². The Morgan fingerprint density at radius 2 is 2.06 bits per heavy atom. The van der Waals surface area contributed by atoms with E-state index in [0.717, 1.165) is 24.8 Å². The molecule has 86 valence electrons. The maximum Gasteiger partial charge on any atom is 0.168 e. The molecule has 0 aliphatic heterocycles. The number of rotatable bonds is 2. The molecule has 0 saturated heterocycles. The van der Waals surface area contributed by atoms with Crippen LogP contribution in [-0.2, 0) is 0 Å². The standard InChI is InChI=1S/C14H18O2/c1-14(9-5-8-12(15)10-14)13(16)11-6-3-2-4-7-11/h2-4,6-7,12,15H,5,8-10H2,1H3/t12-,14+/m0/s1. The Morgan fingerprint density at radius 1 is 1.38 bits per heavy atom. The van der Waals surface area contributed by atoms with E-state index in [1.165, 1.54) is 0 Å². The third-order valence-corrected chi connectivity index (χ3v) is 3.54. The predicted molar refractivity (Wildman–Crippen MR) is 63.4 cm³/mol. The first-order valence-electron chi connectivity index (χ1n) is 5.90. The monoisotopic (exact) mass is 218 g/mol. The van der Waals surface area contributed by atoms with Crippen molar-refractivity contribution in [1.82, 2.24) is 0 Å². The third kappa shape index (κ3) is 2.17. The van der Waals surface area contributed by atoms with E-state index in [0.29, 0.717) is 6.42 Å². The molecule has 0 radical (unpaired) electrons. The Morgan fingerprint density at radius 3 is 2.69 bits per heavy atom. The van der Waals surface area contributed by atoms with Crippen LogP contribution in [0.2, 0.25) is 0 Å². The van der Waals surface area contributed by atoms with Crippen LogP contribution in [0.3, 0.4) is 0 Å². The number of carbonyl (C=O) groups excluding carboxylic acids is 1. The largest absolute Gasteiger partial charge is 0.393 e. The Labute approximate surface area is 96.3 Å². The summed E-state index contributed by atoms with van der Waals surface area (Å²) in [5.41, 5.74) is 0.387. The lowest BCUT2D eigenvalue weighted by Crippen LogP contribution is -2.35. The van der Waals surface area contributed by atoms with Gasteiger partial charge in [0.1, 0.15) is 0 Å². The van der Waals surface area contributed by atoms with Crippen LogP contribution in [0.5, 0.6) is 0 Å². The maximum absolute atomic E-state index is 12.4. The van der Waals surface area contributed by atoms with E-state index in [1.54, 1.807) is 0 Å². The molecular weight excluding hydrogens is 200 g/mol. The Bertz CT molecular complexity index is 372. The molecule has 1 aliphatic rings. The van der Waals surface area contributed by atoms with Gasteiger partial charge >= 0.3 is 0 Å². The molecule has 1 saturated carbocycles. The van der Waals surface area contributed by atoms with Gasteiger partial charge in [0.15, 0.2) is 5.78 Å². The van der Waals surface area contributed by atoms with Crippen LogP contribution >= 0.6 is 0 Å². The average Bonchev–Trinajstić information content (AvgIpc) is 2.29. The molecule has 2 rings (SSSR count). The summed E-state index contributed by atoms with van der Waals surface area (Å²) in [4.78, 5) is 12.4. The minimum Gasteiger partial charge on any atom is -0.393 e. The zero-order valence-corrected chi connectivity index (χ0v) is 9.65. The fourth-order valence-corrected chi connectivity index (χ4v) is 2.60. The van der Waals surface area contributed by atoms with Crippen molar-refractivity contribution in [3.8, 4) is 0 Å². The first kappa shape index (κ1) is 11.3. The minimum atomic E-state index is -0.376. The summed E-state index contributed by atoms with van der Waals surface area (Å²) in [7, 11) is 0. The zero-order chi connectivity index (χ0) is 11.6. The second-order valence-corrected chi connectivity index (χ2v) is 5.01. The molecule has 0 bridgehead atoms. The first-order valence-corrected chi connectivity index (χ1v) is 5.90. The molecule has 2 heteroatoms.